The highest BCUT2D eigenvalue weighted by molar-refractivity contribution is 6.31. The second-order valence-electron chi connectivity index (χ2n) is 4.55. The van der Waals surface area contributed by atoms with Crippen molar-refractivity contribution >= 4 is 23.1 Å². The summed E-state index contributed by atoms with van der Waals surface area (Å²) in [5.41, 5.74) is 0.486. The second kappa shape index (κ2) is 6.15. The van der Waals surface area contributed by atoms with Crippen LogP contribution in [0.15, 0.2) is 41.5 Å². The zero-order chi connectivity index (χ0) is 16.4. The molecule has 3 rings (SSSR count). The predicted molar refractivity (Wildman–Crippen MR) is 78.1 cm³/mol. The molecule has 0 aliphatic heterocycles. The summed E-state index contributed by atoms with van der Waals surface area (Å²) in [6, 6.07) is 3.55. The van der Waals surface area contributed by atoms with Crippen LogP contribution in [0.4, 0.5) is 10.1 Å². The molecule has 2 N–H and O–H groups in total. The molecular weight excluding hydrogens is 327 g/mol. The Morgan fingerprint density at radius 1 is 1.43 bits per heavy atom. The number of hydrogen-bond donors (Lipinski definition) is 2. The maximum atomic E-state index is 13.2. The van der Waals surface area contributed by atoms with E-state index in [9.17, 15) is 9.60 Å². The Labute approximate surface area is 134 Å². The van der Waals surface area contributed by atoms with E-state index < -0.39 is 5.82 Å². The van der Waals surface area contributed by atoms with Gasteiger partial charge in [0.2, 0.25) is 0 Å². The Bertz CT molecular complexity index is 835. The van der Waals surface area contributed by atoms with E-state index in [0.717, 1.165) is 6.07 Å². The van der Waals surface area contributed by atoms with Crippen LogP contribution < -0.4 is 5.06 Å². The SMILES string of the molecule is N=C(c1nonc1Cn1ccnc1)N(O)c1ccc(F)c(Cl)c1. The average Bonchev–Trinajstić information content (AvgIpc) is 3.21. The smallest absolute Gasteiger partial charge is 0.182 e. The molecule has 0 fully saturated rings. The van der Waals surface area contributed by atoms with Crippen LogP contribution >= 0.6 is 11.6 Å². The minimum atomic E-state index is -0.626. The molecule has 2 heterocycles. The summed E-state index contributed by atoms with van der Waals surface area (Å²) < 4.78 is 19.5. The van der Waals surface area contributed by atoms with Gasteiger partial charge >= 0.3 is 0 Å². The molecule has 23 heavy (non-hydrogen) atoms. The van der Waals surface area contributed by atoms with E-state index in [0.29, 0.717) is 10.8 Å². The molecule has 3 aromatic rings. The van der Waals surface area contributed by atoms with Crippen molar-refractivity contribution in [2.24, 2.45) is 0 Å². The molecule has 1 aromatic carbocycles. The first-order chi connectivity index (χ1) is 11.1. The van der Waals surface area contributed by atoms with E-state index in [1.54, 1.807) is 23.3 Å². The molecular formula is C13H10ClFN6O2. The predicted octanol–water partition coefficient (Wildman–Crippen LogP) is 2.33. The van der Waals surface area contributed by atoms with E-state index in [1.165, 1.54) is 12.1 Å². The summed E-state index contributed by atoms with van der Waals surface area (Å²) in [6.07, 6.45) is 4.87. The number of aromatic nitrogens is 4. The van der Waals surface area contributed by atoms with E-state index >= 15 is 0 Å². The highest BCUT2D eigenvalue weighted by Gasteiger charge is 2.21. The van der Waals surface area contributed by atoms with E-state index in [1.807, 2.05) is 0 Å². The molecule has 2 aromatic heterocycles. The first-order valence-electron chi connectivity index (χ1n) is 6.36. The number of benzene rings is 1. The van der Waals surface area contributed by atoms with E-state index in [-0.39, 0.29) is 28.8 Å². The highest BCUT2D eigenvalue weighted by Crippen LogP contribution is 2.23. The summed E-state index contributed by atoms with van der Waals surface area (Å²) in [5, 5.41) is 25.9. The molecule has 0 saturated heterocycles. The number of hydroxylamine groups is 1. The van der Waals surface area contributed by atoms with Gasteiger partial charge < -0.3 is 4.57 Å². The van der Waals surface area contributed by atoms with Crippen molar-refractivity contribution in [2.75, 3.05) is 5.06 Å². The quantitative estimate of drug-likeness (QED) is 0.430. The molecule has 0 atom stereocenters. The average molecular weight is 337 g/mol. The maximum absolute atomic E-state index is 13.2. The van der Waals surface area contributed by atoms with Gasteiger partial charge in [0.15, 0.2) is 11.5 Å². The van der Waals surface area contributed by atoms with Gasteiger partial charge in [-0.1, -0.05) is 16.8 Å². The number of rotatable bonds is 4. The van der Waals surface area contributed by atoms with Crippen LogP contribution in [0.5, 0.6) is 0 Å². The van der Waals surface area contributed by atoms with Crippen molar-refractivity contribution in [1.29, 1.82) is 5.41 Å². The fourth-order valence-electron chi connectivity index (χ4n) is 1.89. The van der Waals surface area contributed by atoms with Gasteiger partial charge in [-0.25, -0.2) is 19.1 Å². The lowest BCUT2D eigenvalue weighted by atomic mass is 10.2. The first kappa shape index (κ1) is 15.1. The summed E-state index contributed by atoms with van der Waals surface area (Å²) in [5.74, 6) is -1.01. The van der Waals surface area contributed by atoms with Crippen molar-refractivity contribution in [2.45, 2.75) is 6.54 Å². The summed E-state index contributed by atoms with van der Waals surface area (Å²) in [4.78, 5) is 3.90. The largest absolute Gasteiger partial charge is 0.331 e. The Morgan fingerprint density at radius 2 is 2.26 bits per heavy atom. The van der Waals surface area contributed by atoms with Gasteiger partial charge in [-0.3, -0.25) is 10.6 Å². The third-order valence-corrected chi connectivity index (χ3v) is 3.32. The van der Waals surface area contributed by atoms with Gasteiger partial charge in [0.1, 0.15) is 11.5 Å². The van der Waals surface area contributed by atoms with Crippen molar-refractivity contribution in [3.05, 3.63) is 59.1 Å². The molecule has 10 heteroatoms. The number of hydrogen-bond acceptors (Lipinski definition) is 6. The molecule has 0 saturated carbocycles. The van der Waals surface area contributed by atoms with Gasteiger partial charge in [-0.2, -0.15) is 0 Å². The van der Waals surface area contributed by atoms with Gasteiger partial charge in [0, 0.05) is 12.4 Å². The van der Waals surface area contributed by atoms with E-state index in [2.05, 4.69) is 19.9 Å². The Kier molecular flexibility index (Phi) is 4.04. The lowest BCUT2D eigenvalue weighted by Gasteiger charge is -2.16. The van der Waals surface area contributed by atoms with Crippen LogP contribution in [0.25, 0.3) is 0 Å². The monoisotopic (exact) mass is 336 g/mol. The van der Waals surface area contributed by atoms with Crippen molar-refractivity contribution in [3.63, 3.8) is 0 Å². The fraction of sp³-hybridized carbons (Fsp3) is 0.0769. The van der Waals surface area contributed by atoms with Crippen LogP contribution in [0.1, 0.15) is 11.4 Å². The third kappa shape index (κ3) is 3.05. The molecule has 0 spiro atoms. The van der Waals surface area contributed by atoms with Crippen LogP contribution in [-0.2, 0) is 6.54 Å². The fourth-order valence-corrected chi connectivity index (χ4v) is 2.06. The standard InChI is InChI=1S/C13H10ClFN6O2/c14-9-5-8(1-2-10(9)15)21(22)13(16)12-11(18-23-19-12)6-20-4-3-17-7-20/h1-5,7,16,22H,6H2. The number of nitrogens with one attached hydrogen (secondary N) is 1. The van der Waals surface area contributed by atoms with Crippen molar-refractivity contribution < 1.29 is 14.2 Å². The van der Waals surface area contributed by atoms with Gasteiger partial charge in [0.05, 0.1) is 23.6 Å². The highest BCUT2D eigenvalue weighted by atomic mass is 35.5. The number of nitrogens with zero attached hydrogens (tertiary/aromatic N) is 5. The number of imidazole rings is 1. The zero-order valence-electron chi connectivity index (χ0n) is 11.5. The lowest BCUT2D eigenvalue weighted by Crippen LogP contribution is -2.28. The Morgan fingerprint density at radius 3 is 2.96 bits per heavy atom. The van der Waals surface area contributed by atoms with Crippen LogP contribution in [0, 0.1) is 11.2 Å². The van der Waals surface area contributed by atoms with Gasteiger partial charge in [-0.05, 0) is 23.4 Å². The third-order valence-electron chi connectivity index (χ3n) is 3.03. The molecule has 0 unspecified atom stereocenters. The topological polar surface area (TPSA) is 104 Å². The molecule has 0 bridgehead atoms. The van der Waals surface area contributed by atoms with E-state index in [4.69, 9.17) is 17.0 Å². The summed E-state index contributed by atoms with van der Waals surface area (Å²) in [7, 11) is 0. The van der Waals surface area contributed by atoms with Crippen molar-refractivity contribution in [3.8, 4) is 0 Å². The van der Waals surface area contributed by atoms with Gasteiger partial charge in [0.25, 0.3) is 0 Å². The minimum absolute atomic E-state index is 0.0432. The second-order valence-corrected chi connectivity index (χ2v) is 4.96. The molecule has 8 nitrogen and oxygen atoms in total. The summed E-state index contributed by atoms with van der Waals surface area (Å²) >= 11 is 5.67. The number of halogens is 2. The Hall–Kier alpha value is -2.78. The number of anilines is 1. The normalized spacial score (nSPS) is 10.7. The minimum Gasteiger partial charge on any atom is -0.331 e. The molecule has 0 aliphatic rings. The maximum Gasteiger partial charge on any atom is 0.182 e. The Balaban J connectivity index is 1.85. The summed E-state index contributed by atoms with van der Waals surface area (Å²) in [6.45, 7) is 0.263. The van der Waals surface area contributed by atoms with Crippen LogP contribution in [0.2, 0.25) is 5.02 Å². The first-order valence-corrected chi connectivity index (χ1v) is 6.74. The van der Waals surface area contributed by atoms with Crippen molar-refractivity contribution in [1.82, 2.24) is 19.9 Å². The van der Waals surface area contributed by atoms with Crippen LogP contribution in [-0.4, -0.2) is 30.9 Å². The number of amidine groups is 1. The zero-order valence-corrected chi connectivity index (χ0v) is 12.3. The molecule has 0 aliphatic carbocycles. The molecule has 0 radical (unpaired) electrons. The van der Waals surface area contributed by atoms with Gasteiger partial charge in [-0.15, -0.1) is 0 Å². The lowest BCUT2D eigenvalue weighted by molar-refractivity contribution is 0.297. The molecule has 0 amide bonds. The van der Waals surface area contributed by atoms with Crippen LogP contribution in [0.3, 0.4) is 0 Å². The molecule has 118 valence electrons.